The number of carboxylic acids is 1. The van der Waals surface area contributed by atoms with Gasteiger partial charge < -0.3 is 5.11 Å². The van der Waals surface area contributed by atoms with E-state index in [1.54, 1.807) is 13.1 Å². The average molecular weight is 231 g/mol. The molecule has 88 valence electrons. The topological polar surface area (TPSA) is 68.0 Å². The highest BCUT2D eigenvalue weighted by molar-refractivity contribution is 5.72. The number of carboxylic acid groups (broad SMARTS) is 1. The Morgan fingerprint density at radius 1 is 1.35 bits per heavy atom. The summed E-state index contributed by atoms with van der Waals surface area (Å²) in [5.74, 6) is -0.927. The minimum atomic E-state index is -0.927. The molecule has 0 aliphatic heterocycles. The van der Waals surface area contributed by atoms with Crippen LogP contribution in [0.2, 0.25) is 0 Å². The number of hydrogen-bond donors (Lipinski definition) is 1. The Hall–Kier alpha value is -2.17. The van der Waals surface area contributed by atoms with Crippen LogP contribution in [0.15, 0.2) is 30.5 Å². The highest BCUT2D eigenvalue weighted by Crippen LogP contribution is 2.21. The molecule has 0 aliphatic rings. The molecule has 2 rings (SSSR count). The molecule has 1 atom stereocenters. The molecule has 1 N–H and O–H groups in total. The quantitative estimate of drug-likeness (QED) is 0.876. The Kier molecular flexibility index (Phi) is 2.91. The van der Waals surface area contributed by atoms with E-state index in [1.807, 2.05) is 31.2 Å². The third-order valence-electron chi connectivity index (χ3n) is 2.65. The van der Waals surface area contributed by atoms with Crippen LogP contribution in [0.25, 0.3) is 11.3 Å². The zero-order chi connectivity index (χ0) is 12.4. The van der Waals surface area contributed by atoms with Crippen LogP contribution >= 0.6 is 0 Å². The van der Waals surface area contributed by atoms with Gasteiger partial charge in [0, 0.05) is 5.56 Å². The molecule has 0 radical (unpaired) electrons. The summed E-state index contributed by atoms with van der Waals surface area (Å²) in [6.45, 7) is 3.58. The van der Waals surface area contributed by atoms with E-state index < -0.39 is 12.0 Å². The molecular formula is C12H13N3O2. The standard InChI is InChI=1S/C12H13N3O2/c1-8-3-5-10(6-4-8)11-7-13-14-15(11)9(2)12(16)17/h3-7,9H,1-2H3,(H,16,17). The summed E-state index contributed by atoms with van der Waals surface area (Å²) < 4.78 is 1.41. The normalized spacial score (nSPS) is 12.4. The largest absolute Gasteiger partial charge is 0.480 e. The second-order valence-electron chi connectivity index (χ2n) is 3.94. The van der Waals surface area contributed by atoms with Gasteiger partial charge in [0.1, 0.15) is 6.04 Å². The van der Waals surface area contributed by atoms with E-state index in [-0.39, 0.29) is 0 Å². The van der Waals surface area contributed by atoms with Crippen molar-refractivity contribution in [3.8, 4) is 11.3 Å². The summed E-state index contributed by atoms with van der Waals surface area (Å²) in [6.07, 6.45) is 1.57. The van der Waals surface area contributed by atoms with E-state index >= 15 is 0 Å². The van der Waals surface area contributed by atoms with Gasteiger partial charge >= 0.3 is 5.97 Å². The number of benzene rings is 1. The van der Waals surface area contributed by atoms with Crippen LogP contribution in [0, 0.1) is 6.92 Å². The molecule has 5 nitrogen and oxygen atoms in total. The van der Waals surface area contributed by atoms with E-state index in [1.165, 1.54) is 4.68 Å². The predicted octanol–water partition coefficient (Wildman–Crippen LogP) is 1.90. The number of rotatable bonds is 3. The van der Waals surface area contributed by atoms with Gasteiger partial charge in [-0.25, -0.2) is 9.48 Å². The number of aromatic nitrogens is 3. The van der Waals surface area contributed by atoms with Crippen molar-refractivity contribution in [2.75, 3.05) is 0 Å². The molecule has 5 heteroatoms. The minimum Gasteiger partial charge on any atom is -0.480 e. The van der Waals surface area contributed by atoms with Gasteiger partial charge in [0.05, 0.1) is 11.9 Å². The SMILES string of the molecule is Cc1ccc(-c2cnnn2C(C)C(=O)O)cc1. The van der Waals surface area contributed by atoms with Crippen LogP contribution in [0.4, 0.5) is 0 Å². The van der Waals surface area contributed by atoms with Crippen LogP contribution in [-0.4, -0.2) is 26.1 Å². The number of hydrogen-bond acceptors (Lipinski definition) is 3. The first-order valence-corrected chi connectivity index (χ1v) is 5.29. The highest BCUT2D eigenvalue weighted by Gasteiger charge is 2.18. The molecule has 0 saturated heterocycles. The van der Waals surface area contributed by atoms with E-state index in [4.69, 9.17) is 5.11 Å². The Labute approximate surface area is 98.7 Å². The zero-order valence-electron chi connectivity index (χ0n) is 9.66. The molecule has 1 aromatic heterocycles. The van der Waals surface area contributed by atoms with Gasteiger partial charge in [0.25, 0.3) is 0 Å². The zero-order valence-corrected chi connectivity index (χ0v) is 9.66. The first-order valence-electron chi connectivity index (χ1n) is 5.29. The summed E-state index contributed by atoms with van der Waals surface area (Å²) in [4.78, 5) is 10.9. The molecule has 0 fully saturated rings. The number of nitrogens with zero attached hydrogens (tertiary/aromatic N) is 3. The monoisotopic (exact) mass is 231 g/mol. The van der Waals surface area contributed by atoms with E-state index in [9.17, 15) is 4.79 Å². The van der Waals surface area contributed by atoms with Crippen LogP contribution in [0.1, 0.15) is 18.5 Å². The van der Waals surface area contributed by atoms with Crippen molar-refractivity contribution >= 4 is 5.97 Å². The molecule has 1 heterocycles. The van der Waals surface area contributed by atoms with Gasteiger partial charge in [0.15, 0.2) is 0 Å². The Morgan fingerprint density at radius 3 is 2.59 bits per heavy atom. The molecular weight excluding hydrogens is 218 g/mol. The maximum atomic E-state index is 10.9. The molecule has 0 spiro atoms. The molecule has 0 bridgehead atoms. The minimum absolute atomic E-state index is 0.708. The third-order valence-corrected chi connectivity index (χ3v) is 2.65. The Balaban J connectivity index is 2.43. The highest BCUT2D eigenvalue weighted by atomic mass is 16.4. The summed E-state index contributed by atoms with van der Waals surface area (Å²) in [7, 11) is 0. The second-order valence-corrected chi connectivity index (χ2v) is 3.94. The van der Waals surface area contributed by atoms with E-state index in [0.29, 0.717) is 5.69 Å². The maximum Gasteiger partial charge on any atom is 0.328 e. The summed E-state index contributed by atoms with van der Waals surface area (Å²) in [5, 5.41) is 16.6. The Bertz CT molecular complexity index is 531. The second kappa shape index (κ2) is 4.37. The van der Waals surface area contributed by atoms with Crippen molar-refractivity contribution in [3.63, 3.8) is 0 Å². The fourth-order valence-electron chi connectivity index (χ4n) is 1.57. The lowest BCUT2D eigenvalue weighted by molar-refractivity contribution is -0.140. The number of aliphatic carboxylic acids is 1. The summed E-state index contributed by atoms with van der Waals surface area (Å²) in [6, 6.07) is 7.07. The first kappa shape index (κ1) is 11.3. The van der Waals surface area contributed by atoms with Gasteiger partial charge in [-0.3, -0.25) is 0 Å². The molecule has 2 aromatic rings. The molecule has 1 unspecified atom stereocenters. The molecule has 0 amide bonds. The van der Waals surface area contributed by atoms with Gasteiger partial charge in [-0.1, -0.05) is 35.0 Å². The van der Waals surface area contributed by atoms with Crippen LogP contribution in [0.5, 0.6) is 0 Å². The van der Waals surface area contributed by atoms with Crippen LogP contribution < -0.4 is 0 Å². The summed E-state index contributed by atoms with van der Waals surface area (Å²) >= 11 is 0. The van der Waals surface area contributed by atoms with Crippen molar-refractivity contribution in [2.24, 2.45) is 0 Å². The fraction of sp³-hybridized carbons (Fsp3) is 0.250. The maximum absolute atomic E-state index is 10.9. The van der Waals surface area contributed by atoms with Crippen molar-refractivity contribution in [1.82, 2.24) is 15.0 Å². The smallest absolute Gasteiger partial charge is 0.328 e. The van der Waals surface area contributed by atoms with Crippen LogP contribution in [-0.2, 0) is 4.79 Å². The van der Waals surface area contributed by atoms with E-state index in [2.05, 4.69) is 10.3 Å². The molecule has 0 saturated carbocycles. The van der Waals surface area contributed by atoms with Crippen molar-refractivity contribution in [2.45, 2.75) is 19.9 Å². The lowest BCUT2D eigenvalue weighted by Crippen LogP contribution is -2.17. The van der Waals surface area contributed by atoms with Crippen molar-refractivity contribution in [3.05, 3.63) is 36.0 Å². The van der Waals surface area contributed by atoms with Gasteiger partial charge in [-0.05, 0) is 13.8 Å². The first-order chi connectivity index (χ1) is 8.09. The van der Waals surface area contributed by atoms with Crippen LogP contribution in [0.3, 0.4) is 0 Å². The van der Waals surface area contributed by atoms with E-state index in [0.717, 1.165) is 11.1 Å². The van der Waals surface area contributed by atoms with Gasteiger partial charge in [-0.15, -0.1) is 5.10 Å². The van der Waals surface area contributed by atoms with Gasteiger partial charge in [0.2, 0.25) is 0 Å². The van der Waals surface area contributed by atoms with Gasteiger partial charge in [-0.2, -0.15) is 0 Å². The van der Waals surface area contributed by atoms with Crippen molar-refractivity contribution in [1.29, 1.82) is 0 Å². The molecule has 1 aromatic carbocycles. The Morgan fingerprint density at radius 2 is 2.00 bits per heavy atom. The molecule has 17 heavy (non-hydrogen) atoms. The average Bonchev–Trinajstić information content (AvgIpc) is 2.77. The summed E-state index contributed by atoms with van der Waals surface area (Å²) in [5.41, 5.74) is 2.77. The number of carbonyl (C=O) groups is 1. The fourth-order valence-corrected chi connectivity index (χ4v) is 1.57. The lowest BCUT2D eigenvalue weighted by atomic mass is 10.1. The van der Waals surface area contributed by atoms with Crippen molar-refractivity contribution < 1.29 is 9.90 Å². The third kappa shape index (κ3) is 2.18. The number of aryl methyl sites for hydroxylation is 1. The predicted molar refractivity (Wildman–Crippen MR) is 62.5 cm³/mol. The molecule has 0 aliphatic carbocycles. The lowest BCUT2D eigenvalue weighted by Gasteiger charge is -2.10.